The monoisotopic (exact) mass is 330 g/mol. The summed E-state index contributed by atoms with van der Waals surface area (Å²) in [5.74, 6) is 0.734. The van der Waals surface area contributed by atoms with Crippen molar-refractivity contribution in [3.8, 4) is 0 Å². The molecule has 3 atom stereocenters. The van der Waals surface area contributed by atoms with Gasteiger partial charge in [-0.2, -0.15) is 5.10 Å². The molecule has 5 heteroatoms. The van der Waals surface area contributed by atoms with E-state index in [2.05, 4.69) is 36.5 Å². The molecule has 1 N–H and O–H groups in total. The second-order valence-electron chi connectivity index (χ2n) is 7.30. The molecule has 1 aliphatic heterocycles. The lowest BCUT2D eigenvalue weighted by Gasteiger charge is -2.41. The standard InChI is InChI=1S/C19H30N4O/c1-4-23-18(24)10-7-15(19(23)16-12-21-22(3)13-16)11-20-17-8-5-14(2)6-9-17/h5,12-13,15,17,19-20H,4,6-11H2,1-3H3/t15-,17?,19+/m1/s1. The number of piperidine rings is 1. The number of rotatable bonds is 5. The topological polar surface area (TPSA) is 50.2 Å². The molecule has 1 saturated heterocycles. The molecular weight excluding hydrogens is 300 g/mol. The van der Waals surface area contributed by atoms with Gasteiger partial charge in [-0.05, 0) is 45.4 Å². The molecule has 24 heavy (non-hydrogen) atoms. The number of nitrogens with zero attached hydrogens (tertiary/aromatic N) is 3. The van der Waals surface area contributed by atoms with Crippen molar-refractivity contribution in [3.05, 3.63) is 29.6 Å². The maximum absolute atomic E-state index is 12.4. The van der Waals surface area contributed by atoms with Crippen molar-refractivity contribution < 1.29 is 4.79 Å². The average molecular weight is 330 g/mol. The highest BCUT2D eigenvalue weighted by atomic mass is 16.2. The van der Waals surface area contributed by atoms with E-state index >= 15 is 0 Å². The number of amides is 1. The SMILES string of the molecule is CCN1C(=O)CC[C@H](CNC2CC=C(C)CC2)[C@H]1c1cnn(C)c1. The van der Waals surface area contributed by atoms with Gasteiger partial charge in [-0.1, -0.05) is 11.6 Å². The fraction of sp³-hybridized carbons (Fsp3) is 0.684. The van der Waals surface area contributed by atoms with Crippen LogP contribution in [0.3, 0.4) is 0 Å². The van der Waals surface area contributed by atoms with Crippen LogP contribution in [-0.4, -0.2) is 39.7 Å². The van der Waals surface area contributed by atoms with Crippen LogP contribution < -0.4 is 5.32 Å². The van der Waals surface area contributed by atoms with Gasteiger partial charge in [0.1, 0.15) is 0 Å². The molecule has 3 rings (SSSR count). The molecule has 0 aromatic carbocycles. The number of aryl methyl sites for hydroxylation is 1. The first-order valence-electron chi connectivity index (χ1n) is 9.25. The van der Waals surface area contributed by atoms with Crippen LogP contribution in [-0.2, 0) is 11.8 Å². The largest absolute Gasteiger partial charge is 0.335 e. The number of carbonyl (C=O) groups is 1. The lowest BCUT2D eigenvalue weighted by atomic mass is 9.84. The molecule has 5 nitrogen and oxygen atoms in total. The Morgan fingerprint density at radius 1 is 1.33 bits per heavy atom. The number of aromatic nitrogens is 2. The molecule has 0 radical (unpaired) electrons. The molecule has 1 fully saturated rings. The van der Waals surface area contributed by atoms with Crippen molar-refractivity contribution in [3.63, 3.8) is 0 Å². The van der Waals surface area contributed by atoms with Crippen LogP contribution in [0.15, 0.2) is 24.0 Å². The fourth-order valence-electron chi connectivity index (χ4n) is 4.12. The number of carbonyl (C=O) groups excluding carboxylic acids is 1. The van der Waals surface area contributed by atoms with Crippen LogP contribution >= 0.6 is 0 Å². The zero-order valence-electron chi connectivity index (χ0n) is 15.2. The minimum absolute atomic E-state index is 0.151. The van der Waals surface area contributed by atoms with E-state index in [0.717, 1.165) is 25.9 Å². The first-order chi connectivity index (χ1) is 11.6. The molecule has 2 heterocycles. The second-order valence-corrected chi connectivity index (χ2v) is 7.30. The third-order valence-electron chi connectivity index (χ3n) is 5.55. The van der Waals surface area contributed by atoms with E-state index in [-0.39, 0.29) is 11.9 Å². The Labute approximate surface area is 145 Å². The highest BCUT2D eigenvalue weighted by Gasteiger charge is 2.36. The fourth-order valence-corrected chi connectivity index (χ4v) is 4.12. The van der Waals surface area contributed by atoms with Crippen molar-refractivity contribution in [2.45, 2.75) is 58.0 Å². The summed E-state index contributed by atoms with van der Waals surface area (Å²) in [7, 11) is 1.94. The van der Waals surface area contributed by atoms with Gasteiger partial charge in [-0.25, -0.2) is 0 Å². The van der Waals surface area contributed by atoms with Crippen molar-refractivity contribution in [2.24, 2.45) is 13.0 Å². The maximum Gasteiger partial charge on any atom is 0.223 e. The first-order valence-corrected chi connectivity index (χ1v) is 9.25. The number of likely N-dealkylation sites (tertiary alicyclic amines) is 1. The zero-order chi connectivity index (χ0) is 17.1. The van der Waals surface area contributed by atoms with Crippen LogP contribution in [0.1, 0.15) is 57.6 Å². The summed E-state index contributed by atoms with van der Waals surface area (Å²) < 4.78 is 1.83. The van der Waals surface area contributed by atoms with Crippen LogP contribution in [0.2, 0.25) is 0 Å². The first kappa shape index (κ1) is 17.2. The van der Waals surface area contributed by atoms with Gasteiger partial charge in [0.2, 0.25) is 5.91 Å². The van der Waals surface area contributed by atoms with Gasteiger partial charge in [0.05, 0.1) is 12.2 Å². The minimum atomic E-state index is 0.151. The van der Waals surface area contributed by atoms with Crippen LogP contribution in [0.5, 0.6) is 0 Å². The quantitative estimate of drug-likeness (QED) is 0.845. The summed E-state index contributed by atoms with van der Waals surface area (Å²) in [6.45, 7) is 6.04. The van der Waals surface area contributed by atoms with E-state index in [0.29, 0.717) is 18.4 Å². The van der Waals surface area contributed by atoms with E-state index in [1.807, 2.05) is 22.8 Å². The number of hydrogen-bond donors (Lipinski definition) is 1. The van der Waals surface area contributed by atoms with Crippen molar-refractivity contribution in [1.29, 1.82) is 0 Å². The molecule has 1 aromatic rings. The minimum Gasteiger partial charge on any atom is -0.335 e. The van der Waals surface area contributed by atoms with Crippen LogP contribution in [0.4, 0.5) is 0 Å². The molecule has 0 saturated carbocycles. The van der Waals surface area contributed by atoms with E-state index in [1.165, 1.54) is 24.0 Å². The summed E-state index contributed by atoms with van der Waals surface area (Å²) in [6, 6.07) is 0.731. The maximum atomic E-state index is 12.4. The molecule has 1 aliphatic carbocycles. The van der Waals surface area contributed by atoms with Gasteiger partial charge >= 0.3 is 0 Å². The van der Waals surface area contributed by atoms with E-state index in [4.69, 9.17) is 0 Å². The normalized spacial score (nSPS) is 28.1. The lowest BCUT2D eigenvalue weighted by Crippen LogP contribution is -2.46. The second kappa shape index (κ2) is 7.51. The summed E-state index contributed by atoms with van der Waals surface area (Å²) in [4.78, 5) is 14.4. The van der Waals surface area contributed by atoms with Crippen molar-refractivity contribution in [2.75, 3.05) is 13.1 Å². The Morgan fingerprint density at radius 3 is 2.79 bits per heavy atom. The summed E-state index contributed by atoms with van der Waals surface area (Å²) >= 11 is 0. The number of nitrogens with one attached hydrogen (secondary N) is 1. The molecule has 1 amide bonds. The Hall–Kier alpha value is -1.62. The van der Waals surface area contributed by atoms with Gasteiger partial charge in [-0.3, -0.25) is 9.48 Å². The Bertz CT molecular complexity index is 606. The third kappa shape index (κ3) is 3.72. The Morgan fingerprint density at radius 2 is 2.17 bits per heavy atom. The molecule has 0 spiro atoms. The Balaban J connectivity index is 1.70. The highest BCUT2D eigenvalue weighted by molar-refractivity contribution is 5.77. The van der Waals surface area contributed by atoms with Crippen LogP contribution in [0, 0.1) is 5.92 Å². The molecule has 0 bridgehead atoms. The number of hydrogen-bond acceptors (Lipinski definition) is 3. The van der Waals surface area contributed by atoms with Gasteiger partial charge in [-0.15, -0.1) is 0 Å². The van der Waals surface area contributed by atoms with E-state index in [1.54, 1.807) is 0 Å². The molecule has 132 valence electrons. The van der Waals surface area contributed by atoms with Gasteiger partial charge in [0.25, 0.3) is 0 Å². The lowest BCUT2D eigenvalue weighted by molar-refractivity contribution is -0.138. The van der Waals surface area contributed by atoms with Gasteiger partial charge in [0, 0.05) is 44.4 Å². The predicted octanol–water partition coefficient (Wildman–Crippen LogP) is 2.81. The summed E-state index contributed by atoms with van der Waals surface area (Å²) in [5, 5.41) is 8.10. The summed E-state index contributed by atoms with van der Waals surface area (Å²) in [6.07, 6.45) is 11.5. The third-order valence-corrected chi connectivity index (χ3v) is 5.55. The smallest absolute Gasteiger partial charge is 0.223 e. The van der Waals surface area contributed by atoms with E-state index in [9.17, 15) is 4.79 Å². The average Bonchev–Trinajstić information content (AvgIpc) is 3.01. The molecule has 1 aromatic heterocycles. The van der Waals surface area contributed by atoms with Gasteiger partial charge < -0.3 is 10.2 Å². The number of allylic oxidation sites excluding steroid dienone is 1. The van der Waals surface area contributed by atoms with Crippen LogP contribution in [0.25, 0.3) is 0 Å². The summed E-state index contributed by atoms with van der Waals surface area (Å²) in [5.41, 5.74) is 2.68. The Kier molecular flexibility index (Phi) is 5.39. The molecular formula is C19H30N4O. The predicted molar refractivity (Wildman–Crippen MR) is 95.5 cm³/mol. The van der Waals surface area contributed by atoms with Crippen molar-refractivity contribution >= 4 is 5.91 Å². The molecule has 1 unspecified atom stereocenters. The molecule has 2 aliphatic rings. The highest BCUT2D eigenvalue weighted by Crippen LogP contribution is 2.36. The van der Waals surface area contributed by atoms with Crippen molar-refractivity contribution in [1.82, 2.24) is 20.0 Å². The zero-order valence-corrected chi connectivity index (χ0v) is 15.2. The van der Waals surface area contributed by atoms with E-state index < -0.39 is 0 Å². The van der Waals surface area contributed by atoms with Gasteiger partial charge in [0.15, 0.2) is 0 Å².